The molecule has 25 heavy (non-hydrogen) atoms. The van der Waals surface area contributed by atoms with Crippen LogP contribution >= 0.6 is 0 Å². The number of hydrogen-bond donors (Lipinski definition) is 3. The van der Waals surface area contributed by atoms with Gasteiger partial charge in [-0.15, -0.1) is 0 Å². The van der Waals surface area contributed by atoms with Crippen LogP contribution in [0.4, 0.5) is 14.9 Å². The Hall–Kier alpha value is -2.15. The molecule has 0 bridgehead atoms. The molecule has 1 saturated carbocycles. The number of carboxylic acid groups (broad SMARTS) is 1. The number of carbonyl (C=O) groups is 2. The minimum absolute atomic E-state index is 0.229. The van der Waals surface area contributed by atoms with Crippen molar-refractivity contribution in [1.29, 1.82) is 0 Å². The highest BCUT2D eigenvalue weighted by molar-refractivity contribution is 5.89. The lowest BCUT2D eigenvalue weighted by atomic mass is 9.95. The molecule has 2 fully saturated rings. The zero-order valence-corrected chi connectivity index (χ0v) is 14.1. The van der Waals surface area contributed by atoms with Crippen LogP contribution in [0.3, 0.4) is 0 Å². The summed E-state index contributed by atoms with van der Waals surface area (Å²) in [7, 11) is 0. The van der Waals surface area contributed by atoms with Gasteiger partial charge in [0.2, 0.25) is 0 Å². The predicted octanol–water partition coefficient (Wildman–Crippen LogP) is 2.52. The number of halogens is 1. The average Bonchev–Trinajstić information content (AvgIpc) is 3.38. The number of carboxylic acids is 1. The molecule has 136 valence electrons. The van der Waals surface area contributed by atoms with Gasteiger partial charge in [-0.3, -0.25) is 9.69 Å². The van der Waals surface area contributed by atoms with E-state index in [9.17, 15) is 19.1 Å². The molecule has 1 saturated heterocycles. The number of nitrogens with one attached hydrogen (secondary N) is 2. The molecule has 0 spiro atoms. The van der Waals surface area contributed by atoms with Crippen molar-refractivity contribution < 1.29 is 19.1 Å². The highest BCUT2D eigenvalue weighted by atomic mass is 19.1. The Morgan fingerprint density at radius 1 is 1.32 bits per heavy atom. The van der Waals surface area contributed by atoms with Crippen LogP contribution in [0, 0.1) is 17.7 Å². The van der Waals surface area contributed by atoms with Gasteiger partial charge in [-0.05, 0) is 62.3 Å². The van der Waals surface area contributed by atoms with Crippen molar-refractivity contribution >= 4 is 17.7 Å². The summed E-state index contributed by atoms with van der Waals surface area (Å²) in [6.45, 7) is 1.97. The molecule has 2 aliphatic rings. The van der Waals surface area contributed by atoms with Gasteiger partial charge in [-0.2, -0.15) is 0 Å². The smallest absolute Gasteiger partial charge is 0.321 e. The fraction of sp³-hybridized carbons (Fsp3) is 0.556. The standard InChI is InChI=1S/C18H24FN3O3/c19-14-4-1-5-15(9-14)21-18(25)20-10-12-3-2-8-22(11-12)16(17(23)24)13-6-7-13/h1,4-5,9,12-13,16H,2-3,6-8,10-11H2,(H,23,24)(H2,20,21,25). The molecule has 3 N–H and O–H groups in total. The number of likely N-dealkylation sites (tertiary alicyclic amines) is 1. The van der Waals surface area contributed by atoms with Crippen LogP contribution in [0.15, 0.2) is 24.3 Å². The van der Waals surface area contributed by atoms with E-state index in [1.807, 2.05) is 0 Å². The second kappa shape index (κ2) is 7.82. The fourth-order valence-electron chi connectivity index (χ4n) is 3.56. The molecule has 1 aliphatic carbocycles. The first-order valence-electron chi connectivity index (χ1n) is 8.80. The van der Waals surface area contributed by atoms with Gasteiger partial charge in [-0.1, -0.05) is 6.07 Å². The number of hydrogen-bond acceptors (Lipinski definition) is 3. The second-order valence-electron chi connectivity index (χ2n) is 6.97. The van der Waals surface area contributed by atoms with E-state index in [2.05, 4.69) is 15.5 Å². The lowest BCUT2D eigenvalue weighted by molar-refractivity contribution is -0.145. The van der Waals surface area contributed by atoms with Crippen molar-refractivity contribution in [3.63, 3.8) is 0 Å². The Balaban J connectivity index is 1.47. The summed E-state index contributed by atoms with van der Waals surface area (Å²) < 4.78 is 13.1. The minimum Gasteiger partial charge on any atom is -0.480 e. The number of aliphatic carboxylic acids is 1. The number of anilines is 1. The van der Waals surface area contributed by atoms with Crippen molar-refractivity contribution in [2.75, 3.05) is 25.0 Å². The van der Waals surface area contributed by atoms with Gasteiger partial charge in [0.1, 0.15) is 11.9 Å². The van der Waals surface area contributed by atoms with Crippen LogP contribution in [0.5, 0.6) is 0 Å². The van der Waals surface area contributed by atoms with Crippen LogP contribution in [-0.4, -0.2) is 47.7 Å². The summed E-state index contributed by atoms with van der Waals surface area (Å²) in [5, 5.41) is 14.9. The maximum Gasteiger partial charge on any atom is 0.321 e. The SMILES string of the molecule is O=C(NCC1CCCN(C(C(=O)O)C2CC2)C1)Nc1cccc(F)c1. The molecular formula is C18H24FN3O3. The van der Waals surface area contributed by atoms with Gasteiger partial charge in [0.25, 0.3) is 0 Å². The second-order valence-corrected chi connectivity index (χ2v) is 6.97. The van der Waals surface area contributed by atoms with E-state index < -0.39 is 11.8 Å². The molecular weight excluding hydrogens is 325 g/mol. The lowest BCUT2D eigenvalue weighted by Crippen LogP contribution is -2.50. The van der Waals surface area contributed by atoms with Crippen molar-refractivity contribution in [1.82, 2.24) is 10.2 Å². The van der Waals surface area contributed by atoms with Crippen LogP contribution < -0.4 is 10.6 Å². The van der Waals surface area contributed by atoms with E-state index in [-0.39, 0.29) is 23.9 Å². The number of urea groups is 1. The van der Waals surface area contributed by atoms with Gasteiger partial charge in [0.15, 0.2) is 0 Å². The van der Waals surface area contributed by atoms with E-state index in [0.29, 0.717) is 18.8 Å². The van der Waals surface area contributed by atoms with E-state index in [1.54, 1.807) is 6.07 Å². The highest BCUT2D eigenvalue weighted by Crippen LogP contribution is 2.37. The average molecular weight is 349 g/mol. The van der Waals surface area contributed by atoms with Gasteiger partial charge in [0.05, 0.1) is 0 Å². The van der Waals surface area contributed by atoms with E-state index >= 15 is 0 Å². The summed E-state index contributed by atoms with van der Waals surface area (Å²) in [5.74, 6) is -0.631. The molecule has 0 radical (unpaired) electrons. The van der Waals surface area contributed by atoms with E-state index in [4.69, 9.17) is 0 Å². The molecule has 7 heteroatoms. The first kappa shape index (κ1) is 17.7. The Bertz CT molecular complexity index is 636. The quantitative estimate of drug-likeness (QED) is 0.737. The largest absolute Gasteiger partial charge is 0.480 e. The topological polar surface area (TPSA) is 81.7 Å². The predicted molar refractivity (Wildman–Crippen MR) is 91.9 cm³/mol. The first-order chi connectivity index (χ1) is 12.0. The van der Waals surface area contributed by atoms with Crippen LogP contribution in [0.2, 0.25) is 0 Å². The molecule has 2 amide bonds. The molecule has 1 aromatic carbocycles. The summed E-state index contributed by atoms with van der Waals surface area (Å²) in [6, 6.07) is 4.98. The van der Waals surface area contributed by atoms with Crippen molar-refractivity contribution in [2.45, 2.75) is 31.7 Å². The number of rotatable bonds is 6. The first-order valence-corrected chi connectivity index (χ1v) is 8.80. The van der Waals surface area contributed by atoms with Gasteiger partial charge in [0, 0.05) is 18.8 Å². The normalized spacial score (nSPS) is 22.2. The third-order valence-corrected chi connectivity index (χ3v) is 4.90. The molecule has 1 aromatic rings. The lowest BCUT2D eigenvalue weighted by Gasteiger charge is -2.36. The number of nitrogens with zero attached hydrogens (tertiary/aromatic N) is 1. The summed E-state index contributed by atoms with van der Waals surface area (Å²) in [5.41, 5.74) is 0.405. The molecule has 1 heterocycles. The van der Waals surface area contributed by atoms with E-state index in [0.717, 1.165) is 32.2 Å². The number of amides is 2. The van der Waals surface area contributed by atoms with Gasteiger partial charge < -0.3 is 15.7 Å². The molecule has 0 aromatic heterocycles. The Morgan fingerprint density at radius 2 is 2.12 bits per heavy atom. The third-order valence-electron chi connectivity index (χ3n) is 4.90. The van der Waals surface area contributed by atoms with Crippen LogP contribution in [-0.2, 0) is 4.79 Å². The summed E-state index contributed by atoms with van der Waals surface area (Å²) >= 11 is 0. The zero-order valence-electron chi connectivity index (χ0n) is 14.1. The van der Waals surface area contributed by atoms with E-state index in [1.165, 1.54) is 18.2 Å². The monoisotopic (exact) mass is 349 g/mol. The van der Waals surface area contributed by atoms with Crippen molar-refractivity contribution in [2.24, 2.45) is 11.8 Å². The minimum atomic E-state index is -0.736. The molecule has 2 atom stereocenters. The number of carbonyl (C=O) groups excluding carboxylic acids is 1. The maximum atomic E-state index is 13.1. The molecule has 1 aliphatic heterocycles. The summed E-state index contributed by atoms with van der Waals surface area (Å²) in [4.78, 5) is 25.5. The Labute approximate surface area is 146 Å². The third kappa shape index (κ3) is 4.92. The van der Waals surface area contributed by atoms with Crippen LogP contribution in [0.1, 0.15) is 25.7 Å². The fourth-order valence-corrected chi connectivity index (χ4v) is 3.56. The number of piperidine rings is 1. The summed E-state index contributed by atoms with van der Waals surface area (Å²) in [6.07, 6.45) is 3.89. The van der Waals surface area contributed by atoms with Crippen molar-refractivity contribution in [3.8, 4) is 0 Å². The Morgan fingerprint density at radius 3 is 2.80 bits per heavy atom. The van der Waals surface area contributed by atoms with Gasteiger partial charge in [-0.25, -0.2) is 9.18 Å². The molecule has 2 unspecified atom stereocenters. The van der Waals surface area contributed by atoms with Gasteiger partial charge >= 0.3 is 12.0 Å². The maximum absolute atomic E-state index is 13.1. The number of benzene rings is 1. The van der Waals surface area contributed by atoms with Crippen LogP contribution in [0.25, 0.3) is 0 Å². The highest BCUT2D eigenvalue weighted by Gasteiger charge is 2.41. The zero-order chi connectivity index (χ0) is 17.8. The molecule has 3 rings (SSSR count). The Kier molecular flexibility index (Phi) is 5.53. The van der Waals surface area contributed by atoms with Crippen molar-refractivity contribution in [3.05, 3.63) is 30.1 Å². The molecule has 6 nitrogen and oxygen atoms in total.